The minimum absolute atomic E-state index is 0.00362. The van der Waals surface area contributed by atoms with E-state index in [-0.39, 0.29) is 30.5 Å². The molecule has 0 unspecified atom stereocenters. The van der Waals surface area contributed by atoms with Crippen LogP contribution in [0.4, 0.5) is 22.2 Å². The summed E-state index contributed by atoms with van der Waals surface area (Å²) in [5, 5.41) is 18.6. The predicted molar refractivity (Wildman–Crippen MR) is 155 cm³/mol. The lowest BCUT2D eigenvalue weighted by Crippen LogP contribution is -2.45. The Balaban J connectivity index is 1.63. The zero-order valence-corrected chi connectivity index (χ0v) is 24.2. The molecule has 1 fully saturated rings. The summed E-state index contributed by atoms with van der Waals surface area (Å²) in [6.07, 6.45) is 4.68. The van der Waals surface area contributed by atoms with Crippen LogP contribution in [0.1, 0.15) is 71.4 Å². The number of hydrogen-bond acceptors (Lipinski definition) is 8. The average Bonchev–Trinajstić information content (AvgIpc) is 2.87. The van der Waals surface area contributed by atoms with Gasteiger partial charge in [-0.05, 0) is 78.1 Å². The topological polar surface area (TPSA) is 132 Å². The standard InChI is InChI=1S/C30H39N7O3/c1-20(2)33-27-23(18-32-28(36-27)35-24-14-11-22(17-31)12-15-24)13-10-21-8-7-9-25(16-21)34-26(38)19-37(6)29(39)40-30(3,4)5/h11-12,14-15,18,20-21,25H,7-9,16,19H2,1-6H3,(H,34,38)(H2,32,33,35,36)/t21-,25-/m0/s1. The molecule has 0 spiro atoms. The van der Waals surface area contributed by atoms with Crippen molar-refractivity contribution >= 4 is 29.5 Å². The highest BCUT2D eigenvalue weighted by Gasteiger charge is 2.25. The van der Waals surface area contributed by atoms with Gasteiger partial charge in [0, 0.05) is 30.7 Å². The van der Waals surface area contributed by atoms with Crippen LogP contribution in [-0.4, -0.2) is 58.1 Å². The molecule has 10 nitrogen and oxygen atoms in total. The molecule has 2 amide bonds. The number of ether oxygens (including phenoxy) is 1. The first kappa shape index (κ1) is 30.2. The van der Waals surface area contributed by atoms with Crippen LogP contribution in [0, 0.1) is 29.1 Å². The number of amides is 2. The Morgan fingerprint density at radius 1 is 1.20 bits per heavy atom. The van der Waals surface area contributed by atoms with Crippen molar-refractivity contribution in [2.24, 2.45) is 5.92 Å². The van der Waals surface area contributed by atoms with Crippen molar-refractivity contribution in [2.75, 3.05) is 24.2 Å². The lowest BCUT2D eigenvalue weighted by Gasteiger charge is -2.28. The van der Waals surface area contributed by atoms with Crippen molar-refractivity contribution in [2.45, 2.75) is 78.0 Å². The number of carbonyl (C=O) groups is 2. The zero-order chi connectivity index (χ0) is 29.3. The van der Waals surface area contributed by atoms with Crippen molar-refractivity contribution in [3.8, 4) is 17.9 Å². The largest absolute Gasteiger partial charge is 0.444 e. The molecule has 1 aliphatic rings. The van der Waals surface area contributed by atoms with Crippen LogP contribution < -0.4 is 16.0 Å². The molecule has 0 aliphatic heterocycles. The minimum atomic E-state index is -0.617. The number of carbonyl (C=O) groups excluding carboxylic acids is 2. The van der Waals surface area contributed by atoms with E-state index in [1.54, 1.807) is 58.3 Å². The average molecular weight is 546 g/mol. The van der Waals surface area contributed by atoms with Crippen molar-refractivity contribution in [3.63, 3.8) is 0 Å². The van der Waals surface area contributed by atoms with Crippen LogP contribution >= 0.6 is 0 Å². The molecule has 1 heterocycles. The van der Waals surface area contributed by atoms with Gasteiger partial charge in [0.15, 0.2) is 0 Å². The molecule has 0 radical (unpaired) electrons. The van der Waals surface area contributed by atoms with E-state index < -0.39 is 11.7 Å². The molecule has 10 heteroatoms. The summed E-state index contributed by atoms with van der Waals surface area (Å²) < 4.78 is 5.32. The first-order valence-electron chi connectivity index (χ1n) is 13.6. The van der Waals surface area contributed by atoms with Crippen molar-refractivity contribution in [3.05, 3.63) is 41.6 Å². The number of likely N-dealkylation sites (N-methyl/N-ethyl adjacent to an activating group) is 1. The van der Waals surface area contributed by atoms with Crippen LogP contribution in [-0.2, 0) is 9.53 Å². The number of rotatable bonds is 7. The molecule has 1 aromatic carbocycles. The second-order valence-electron chi connectivity index (χ2n) is 11.3. The number of benzene rings is 1. The Labute approximate surface area is 236 Å². The van der Waals surface area contributed by atoms with Crippen molar-refractivity contribution in [1.82, 2.24) is 20.2 Å². The normalized spacial score (nSPS) is 16.6. The maximum Gasteiger partial charge on any atom is 0.410 e. The highest BCUT2D eigenvalue weighted by Crippen LogP contribution is 2.25. The van der Waals surface area contributed by atoms with Gasteiger partial charge in [-0.1, -0.05) is 18.3 Å². The molecule has 0 saturated heterocycles. The smallest absolute Gasteiger partial charge is 0.410 e. The summed E-state index contributed by atoms with van der Waals surface area (Å²) in [5.41, 5.74) is 1.44. The third-order valence-electron chi connectivity index (χ3n) is 6.02. The summed E-state index contributed by atoms with van der Waals surface area (Å²) in [7, 11) is 1.55. The number of anilines is 3. The lowest BCUT2D eigenvalue weighted by molar-refractivity contribution is -0.123. The molecule has 1 aromatic heterocycles. The van der Waals surface area contributed by atoms with Crippen LogP contribution in [0.3, 0.4) is 0 Å². The van der Waals surface area contributed by atoms with Gasteiger partial charge >= 0.3 is 6.09 Å². The molecular formula is C30H39N7O3. The Hall–Kier alpha value is -4.31. The Morgan fingerprint density at radius 2 is 1.93 bits per heavy atom. The Morgan fingerprint density at radius 3 is 2.58 bits per heavy atom. The van der Waals surface area contributed by atoms with Gasteiger partial charge in [0.05, 0.1) is 23.4 Å². The van der Waals surface area contributed by atoms with Gasteiger partial charge in [-0.2, -0.15) is 10.2 Å². The van der Waals surface area contributed by atoms with Crippen molar-refractivity contribution in [1.29, 1.82) is 5.26 Å². The summed E-state index contributed by atoms with van der Waals surface area (Å²) in [6, 6.07) is 9.32. The van der Waals surface area contributed by atoms with E-state index in [0.717, 1.165) is 31.4 Å². The molecule has 2 aromatic rings. The van der Waals surface area contributed by atoms with E-state index in [2.05, 4.69) is 43.8 Å². The summed E-state index contributed by atoms with van der Waals surface area (Å²) in [6.45, 7) is 9.37. The first-order valence-corrected chi connectivity index (χ1v) is 13.6. The van der Waals surface area contributed by atoms with E-state index >= 15 is 0 Å². The van der Waals surface area contributed by atoms with E-state index in [9.17, 15) is 9.59 Å². The third kappa shape index (κ3) is 9.77. The summed E-state index contributed by atoms with van der Waals surface area (Å²) >= 11 is 0. The number of nitriles is 1. The van der Waals surface area contributed by atoms with Gasteiger partial charge in [-0.3, -0.25) is 4.79 Å². The fourth-order valence-electron chi connectivity index (χ4n) is 4.20. The third-order valence-corrected chi connectivity index (χ3v) is 6.02. The number of aromatic nitrogens is 2. The van der Waals surface area contributed by atoms with E-state index in [4.69, 9.17) is 10.00 Å². The van der Waals surface area contributed by atoms with E-state index in [0.29, 0.717) is 22.9 Å². The highest BCUT2D eigenvalue weighted by molar-refractivity contribution is 5.82. The molecule has 0 bridgehead atoms. The quantitative estimate of drug-likeness (QED) is 0.423. The van der Waals surface area contributed by atoms with Gasteiger partial charge in [-0.15, -0.1) is 0 Å². The summed E-state index contributed by atoms with van der Waals surface area (Å²) in [4.78, 5) is 35.1. The second kappa shape index (κ2) is 13.7. The molecule has 3 N–H and O–H groups in total. The Bertz CT molecular complexity index is 1280. The number of hydrogen-bond donors (Lipinski definition) is 3. The van der Waals surface area contributed by atoms with Crippen molar-refractivity contribution < 1.29 is 14.3 Å². The van der Waals surface area contributed by atoms with Crippen LogP contribution in [0.25, 0.3) is 0 Å². The van der Waals surface area contributed by atoms with Gasteiger partial charge < -0.3 is 25.6 Å². The van der Waals surface area contributed by atoms with Gasteiger partial charge in [0.2, 0.25) is 11.9 Å². The SMILES string of the molecule is CC(C)Nc1nc(Nc2ccc(C#N)cc2)ncc1C#C[C@@H]1CCC[C@H](NC(=O)CN(C)C(=O)OC(C)(C)C)C1. The predicted octanol–water partition coefficient (Wildman–Crippen LogP) is 4.81. The monoisotopic (exact) mass is 545 g/mol. The van der Waals surface area contributed by atoms with Gasteiger partial charge in [-0.25, -0.2) is 9.78 Å². The molecule has 1 aliphatic carbocycles. The second-order valence-corrected chi connectivity index (χ2v) is 11.3. The van der Waals surface area contributed by atoms with Crippen LogP contribution in [0.5, 0.6) is 0 Å². The fraction of sp³-hybridized carbons (Fsp3) is 0.500. The lowest BCUT2D eigenvalue weighted by atomic mass is 9.86. The van der Waals surface area contributed by atoms with E-state index in [1.807, 2.05) is 13.8 Å². The maximum atomic E-state index is 12.6. The molecule has 2 atom stereocenters. The molecule has 40 heavy (non-hydrogen) atoms. The van der Waals surface area contributed by atoms with E-state index in [1.165, 1.54) is 4.90 Å². The molecule has 212 valence electrons. The first-order chi connectivity index (χ1) is 18.9. The minimum Gasteiger partial charge on any atom is -0.444 e. The number of nitrogens with one attached hydrogen (secondary N) is 3. The zero-order valence-electron chi connectivity index (χ0n) is 24.2. The van der Waals surface area contributed by atoms with Gasteiger partial charge in [0.25, 0.3) is 0 Å². The van der Waals surface area contributed by atoms with Gasteiger partial charge in [0.1, 0.15) is 18.0 Å². The van der Waals surface area contributed by atoms with Crippen LogP contribution in [0.2, 0.25) is 0 Å². The Kier molecular flexibility index (Phi) is 10.3. The highest BCUT2D eigenvalue weighted by atomic mass is 16.6. The number of nitrogens with zero attached hydrogens (tertiary/aromatic N) is 4. The fourth-order valence-corrected chi connectivity index (χ4v) is 4.20. The molecular weight excluding hydrogens is 506 g/mol. The van der Waals surface area contributed by atoms with Crippen LogP contribution in [0.15, 0.2) is 30.5 Å². The molecule has 1 saturated carbocycles. The maximum absolute atomic E-state index is 12.6. The molecule has 3 rings (SSSR count). The summed E-state index contributed by atoms with van der Waals surface area (Å²) in [5.74, 6) is 7.59.